The molecule has 112 valence electrons. The number of nitrogens with one attached hydrogen (secondary N) is 1. The summed E-state index contributed by atoms with van der Waals surface area (Å²) in [4.78, 5) is 11.9. The summed E-state index contributed by atoms with van der Waals surface area (Å²) in [6.07, 6.45) is 9.77. The zero-order valence-electron chi connectivity index (χ0n) is 13.1. The van der Waals surface area contributed by atoms with Gasteiger partial charge in [-0.3, -0.25) is 0 Å². The van der Waals surface area contributed by atoms with Gasteiger partial charge in [0.25, 0.3) is 0 Å². The van der Waals surface area contributed by atoms with E-state index < -0.39 is 5.60 Å². The Labute approximate surface area is 118 Å². The van der Waals surface area contributed by atoms with Gasteiger partial charge in [0.2, 0.25) is 0 Å². The van der Waals surface area contributed by atoms with Gasteiger partial charge in [0, 0.05) is 6.04 Å². The number of ether oxygens (including phenoxy) is 1. The van der Waals surface area contributed by atoms with E-state index in [1.807, 2.05) is 20.8 Å². The highest BCUT2D eigenvalue weighted by Gasteiger charge is 2.22. The Morgan fingerprint density at radius 3 is 2.42 bits per heavy atom. The molecule has 0 saturated heterocycles. The molecule has 1 rings (SSSR count). The normalized spacial score (nSPS) is 18.9. The zero-order chi connectivity index (χ0) is 14.3. The van der Waals surface area contributed by atoms with E-state index in [-0.39, 0.29) is 12.1 Å². The Morgan fingerprint density at radius 2 is 1.89 bits per heavy atom. The number of rotatable bonds is 5. The first kappa shape index (κ1) is 16.3. The van der Waals surface area contributed by atoms with E-state index in [1.165, 1.54) is 32.1 Å². The van der Waals surface area contributed by atoms with Gasteiger partial charge in [0.1, 0.15) is 5.60 Å². The van der Waals surface area contributed by atoms with Crippen LogP contribution in [0, 0.1) is 5.92 Å². The van der Waals surface area contributed by atoms with Crippen molar-refractivity contribution >= 4 is 6.09 Å². The first-order chi connectivity index (χ1) is 8.90. The van der Waals surface area contributed by atoms with Crippen LogP contribution in [0.3, 0.4) is 0 Å². The molecule has 19 heavy (non-hydrogen) atoms. The van der Waals surface area contributed by atoms with Crippen LogP contribution in [-0.4, -0.2) is 17.7 Å². The highest BCUT2D eigenvalue weighted by molar-refractivity contribution is 5.68. The molecule has 0 aromatic heterocycles. The second-order valence-corrected chi connectivity index (χ2v) is 6.87. The van der Waals surface area contributed by atoms with Crippen LogP contribution in [0.1, 0.15) is 79.1 Å². The maximum atomic E-state index is 11.9. The van der Waals surface area contributed by atoms with Crippen molar-refractivity contribution in [3.8, 4) is 0 Å². The lowest BCUT2D eigenvalue weighted by molar-refractivity contribution is 0.0492. The molecular weight excluding hydrogens is 238 g/mol. The summed E-state index contributed by atoms with van der Waals surface area (Å²) in [5, 5.41) is 3.06. The van der Waals surface area contributed by atoms with Crippen molar-refractivity contribution in [3.63, 3.8) is 0 Å². The number of carbonyl (C=O) groups excluding carboxylic acids is 1. The van der Waals surface area contributed by atoms with Crippen molar-refractivity contribution in [2.45, 2.75) is 90.7 Å². The summed E-state index contributed by atoms with van der Waals surface area (Å²) in [6.45, 7) is 7.89. The van der Waals surface area contributed by atoms with Crippen LogP contribution < -0.4 is 5.32 Å². The number of hydrogen-bond acceptors (Lipinski definition) is 2. The molecule has 1 amide bonds. The van der Waals surface area contributed by atoms with Crippen LogP contribution in [0.4, 0.5) is 4.79 Å². The second kappa shape index (κ2) is 7.76. The molecule has 0 spiro atoms. The van der Waals surface area contributed by atoms with Crippen molar-refractivity contribution in [1.29, 1.82) is 0 Å². The Balaban J connectivity index is 2.40. The van der Waals surface area contributed by atoms with Crippen LogP contribution in [0.2, 0.25) is 0 Å². The van der Waals surface area contributed by atoms with Crippen molar-refractivity contribution in [2.75, 3.05) is 0 Å². The van der Waals surface area contributed by atoms with Gasteiger partial charge in [-0.25, -0.2) is 4.79 Å². The summed E-state index contributed by atoms with van der Waals surface area (Å²) in [7, 11) is 0. The predicted octanol–water partition coefficient (Wildman–Crippen LogP) is 4.65. The Hall–Kier alpha value is -0.730. The van der Waals surface area contributed by atoms with E-state index in [0.29, 0.717) is 0 Å². The van der Waals surface area contributed by atoms with Crippen LogP contribution in [0.15, 0.2) is 0 Å². The molecule has 0 aliphatic heterocycles. The molecule has 0 bridgehead atoms. The molecular formula is C16H31NO2. The first-order valence-corrected chi connectivity index (χ1v) is 7.90. The van der Waals surface area contributed by atoms with Crippen LogP contribution in [0.5, 0.6) is 0 Å². The standard InChI is InChI=1S/C16H31NO2/c1-5-9-14(12-13-10-7-6-8-11-13)17-15(18)19-16(2,3)4/h13-14H,5-12H2,1-4H3,(H,17,18)/t14-/m1/s1. The summed E-state index contributed by atoms with van der Waals surface area (Å²) in [5.74, 6) is 0.792. The summed E-state index contributed by atoms with van der Waals surface area (Å²) < 4.78 is 5.35. The van der Waals surface area contributed by atoms with Crippen molar-refractivity contribution < 1.29 is 9.53 Å². The zero-order valence-corrected chi connectivity index (χ0v) is 13.1. The molecule has 3 heteroatoms. The van der Waals surface area contributed by atoms with Gasteiger partial charge in [-0.15, -0.1) is 0 Å². The van der Waals surface area contributed by atoms with Gasteiger partial charge in [-0.05, 0) is 39.5 Å². The van der Waals surface area contributed by atoms with Crippen molar-refractivity contribution in [2.24, 2.45) is 5.92 Å². The van der Waals surface area contributed by atoms with Crippen molar-refractivity contribution in [1.82, 2.24) is 5.32 Å². The number of carbonyl (C=O) groups is 1. The topological polar surface area (TPSA) is 38.3 Å². The van der Waals surface area contributed by atoms with E-state index >= 15 is 0 Å². The third-order valence-electron chi connectivity index (χ3n) is 3.70. The van der Waals surface area contributed by atoms with E-state index in [4.69, 9.17) is 4.74 Å². The molecule has 0 unspecified atom stereocenters. The maximum absolute atomic E-state index is 11.9. The monoisotopic (exact) mass is 269 g/mol. The minimum atomic E-state index is -0.411. The predicted molar refractivity (Wildman–Crippen MR) is 79.3 cm³/mol. The molecule has 1 atom stereocenters. The lowest BCUT2D eigenvalue weighted by Crippen LogP contribution is -2.40. The van der Waals surface area contributed by atoms with Gasteiger partial charge < -0.3 is 10.1 Å². The van der Waals surface area contributed by atoms with E-state index in [0.717, 1.165) is 25.2 Å². The second-order valence-electron chi connectivity index (χ2n) is 6.87. The van der Waals surface area contributed by atoms with Crippen LogP contribution in [0.25, 0.3) is 0 Å². The Bertz CT molecular complexity index is 264. The van der Waals surface area contributed by atoms with Gasteiger partial charge in [-0.1, -0.05) is 45.4 Å². The number of amides is 1. The fourth-order valence-corrected chi connectivity index (χ4v) is 2.90. The number of alkyl carbamates (subject to hydrolysis) is 1. The molecule has 1 aliphatic carbocycles. The summed E-state index contributed by atoms with van der Waals surface area (Å²) in [5.41, 5.74) is -0.411. The van der Waals surface area contributed by atoms with E-state index in [2.05, 4.69) is 12.2 Å². The Kier molecular flexibility index (Phi) is 6.67. The van der Waals surface area contributed by atoms with Crippen molar-refractivity contribution in [3.05, 3.63) is 0 Å². The van der Waals surface area contributed by atoms with Crippen LogP contribution in [-0.2, 0) is 4.74 Å². The van der Waals surface area contributed by atoms with E-state index in [1.54, 1.807) is 0 Å². The van der Waals surface area contributed by atoms with Gasteiger partial charge in [0.05, 0.1) is 0 Å². The SMILES string of the molecule is CCC[C@H](CC1CCCCC1)NC(=O)OC(C)(C)C. The van der Waals surface area contributed by atoms with Gasteiger partial charge >= 0.3 is 6.09 Å². The lowest BCUT2D eigenvalue weighted by Gasteiger charge is -2.28. The molecule has 0 aromatic rings. The highest BCUT2D eigenvalue weighted by Crippen LogP contribution is 2.28. The fraction of sp³-hybridized carbons (Fsp3) is 0.938. The van der Waals surface area contributed by atoms with Gasteiger partial charge in [-0.2, -0.15) is 0 Å². The van der Waals surface area contributed by atoms with E-state index in [9.17, 15) is 4.79 Å². The quantitative estimate of drug-likeness (QED) is 0.789. The molecule has 3 nitrogen and oxygen atoms in total. The minimum absolute atomic E-state index is 0.262. The molecule has 1 fully saturated rings. The fourth-order valence-electron chi connectivity index (χ4n) is 2.90. The smallest absolute Gasteiger partial charge is 0.407 e. The summed E-state index contributed by atoms with van der Waals surface area (Å²) in [6, 6.07) is 0.281. The average molecular weight is 269 g/mol. The molecule has 1 aliphatic rings. The Morgan fingerprint density at radius 1 is 1.26 bits per heavy atom. The number of hydrogen-bond donors (Lipinski definition) is 1. The molecule has 1 saturated carbocycles. The largest absolute Gasteiger partial charge is 0.444 e. The third kappa shape index (κ3) is 7.44. The minimum Gasteiger partial charge on any atom is -0.444 e. The first-order valence-electron chi connectivity index (χ1n) is 7.90. The third-order valence-corrected chi connectivity index (χ3v) is 3.70. The average Bonchev–Trinajstić information content (AvgIpc) is 2.27. The van der Waals surface area contributed by atoms with Crippen LogP contribution >= 0.6 is 0 Å². The lowest BCUT2D eigenvalue weighted by atomic mass is 9.84. The molecule has 1 N–H and O–H groups in total. The maximum Gasteiger partial charge on any atom is 0.407 e. The molecule has 0 radical (unpaired) electrons. The highest BCUT2D eigenvalue weighted by atomic mass is 16.6. The molecule has 0 aromatic carbocycles. The molecule has 0 heterocycles. The summed E-state index contributed by atoms with van der Waals surface area (Å²) >= 11 is 0. The van der Waals surface area contributed by atoms with Gasteiger partial charge in [0.15, 0.2) is 0 Å².